The SMILES string of the molecule is CCC(C)(CC)C(=O)/C=C(\O)C(C)(CC)CC.Cc1cccc(C)c1-c1ccc2c(ccc3c(-c4[c-]c5ccccc5c(C(F)F)c4)nccc32)c1.[Ir]. The predicted octanol–water partition coefficient (Wildman–Crippen LogP) is 13.9. The molecule has 6 heteroatoms. The maximum absolute atomic E-state index is 13.9. The van der Waals surface area contributed by atoms with Gasteiger partial charge in [0.15, 0.2) is 5.78 Å². The van der Waals surface area contributed by atoms with E-state index in [0.717, 1.165) is 47.2 Å². The minimum atomic E-state index is -2.58. The molecule has 1 heterocycles. The number of aromatic nitrogens is 1. The van der Waals surface area contributed by atoms with Gasteiger partial charge in [-0.3, -0.25) is 9.78 Å². The van der Waals surface area contributed by atoms with Crippen LogP contribution in [0, 0.1) is 30.7 Å². The normalized spacial score (nSPS) is 12.2. The van der Waals surface area contributed by atoms with Crippen LogP contribution in [0.15, 0.2) is 103 Å². The van der Waals surface area contributed by atoms with Crippen LogP contribution in [0.5, 0.6) is 0 Å². The number of hydrogen-bond acceptors (Lipinski definition) is 3. The van der Waals surface area contributed by atoms with Gasteiger partial charge in [-0.2, -0.15) is 0 Å². The predicted molar refractivity (Wildman–Crippen MR) is 214 cm³/mol. The van der Waals surface area contributed by atoms with E-state index in [9.17, 15) is 18.7 Å². The molecular formula is C47H50F2IrNO2-. The van der Waals surface area contributed by atoms with Crippen LogP contribution in [0.3, 0.4) is 0 Å². The van der Waals surface area contributed by atoms with Crippen molar-refractivity contribution in [3.63, 3.8) is 0 Å². The molecule has 53 heavy (non-hydrogen) atoms. The van der Waals surface area contributed by atoms with E-state index in [1.54, 1.807) is 18.3 Å². The molecular weight excluding hydrogens is 841 g/mol. The summed E-state index contributed by atoms with van der Waals surface area (Å²) in [5.74, 6) is 0.286. The second kappa shape index (κ2) is 17.3. The van der Waals surface area contributed by atoms with Crippen molar-refractivity contribution in [1.82, 2.24) is 4.98 Å². The van der Waals surface area contributed by atoms with Crippen LogP contribution in [0.4, 0.5) is 8.78 Å². The molecule has 0 saturated carbocycles. The van der Waals surface area contributed by atoms with Crippen LogP contribution in [0.1, 0.15) is 90.3 Å². The first-order valence-electron chi connectivity index (χ1n) is 18.4. The van der Waals surface area contributed by atoms with Crippen molar-refractivity contribution < 1.29 is 38.8 Å². The van der Waals surface area contributed by atoms with E-state index in [0.29, 0.717) is 22.0 Å². The molecule has 1 N–H and O–H groups in total. The number of carbonyl (C=O) groups excluding carboxylic acids is 1. The first kappa shape index (κ1) is 41.5. The van der Waals surface area contributed by atoms with Gasteiger partial charge >= 0.3 is 0 Å². The zero-order chi connectivity index (χ0) is 37.8. The summed E-state index contributed by atoms with van der Waals surface area (Å²) < 4.78 is 27.8. The van der Waals surface area contributed by atoms with Gasteiger partial charge in [-0.15, -0.1) is 23.6 Å². The number of benzene rings is 5. The van der Waals surface area contributed by atoms with Gasteiger partial charge in [-0.1, -0.05) is 113 Å². The molecule has 0 aliphatic carbocycles. The van der Waals surface area contributed by atoms with Crippen LogP contribution in [-0.4, -0.2) is 15.9 Å². The fourth-order valence-corrected chi connectivity index (χ4v) is 6.89. The maximum atomic E-state index is 13.9. The molecule has 0 fully saturated rings. The number of hydrogen-bond donors (Lipinski definition) is 1. The van der Waals surface area contributed by atoms with Crippen molar-refractivity contribution in [2.75, 3.05) is 0 Å². The summed E-state index contributed by atoms with van der Waals surface area (Å²) in [6.07, 6.45) is 3.93. The summed E-state index contributed by atoms with van der Waals surface area (Å²) in [5, 5.41) is 15.5. The van der Waals surface area contributed by atoms with Gasteiger partial charge in [0, 0.05) is 48.9 Å². The molecule has 6 aromatic rings. The zero-order valence-electron chi connectivity index (χ0n) is 32.0. The van der Waals surface area contributed by atoms with Crippen molar-refractivity contribution in [3.05, 3.63) is 126 Å². The number of aliphatic hydroxyl groups excluding tert-OH is 1. The Balaban J connectivity index is 0.000000299. The molecule has 1 radical (unpaired) electrons. The molecule has 6 rings (SSSR count). The van der Waals surface area contributed by atoms with E-state index in [1.807, 2.05) is 65.8 Å². The Morgan fingerprint density at radius 3 is 2.02 bits per heavy atom. The molecule has 0 unspecified atom stereocenters. The smallest absolute Gasteiger partial charge is 0.251 e. The van der Waals surface area contributed by atoms with Crippen LogP contribution in [0.2, 0.25) is 0 Å². The first-order valence-corrected chi connectivity index (χ1v) is 18.4. The van der Waals surface area contributed by atoms with Crippen LogP contribution in [0.25, 0.3) is 54.7 Å². The van der Waals surface area contributed by atoms with Crippen LogP contribution < -0.4 is 0 Å². The van der Waals surface area contributed by atoms with Crippen molar-refractivity contribution >= 4 is 38.1 Å². The van der Waals surface area contributed by atoms with Crippen molar-refractivity contribution in [1.29, 1.82) is 0 Å². The maximum Gasteiger partial charge on any atom is 0.251 e. The van der Waals surface area contributed by atoms with E-state index in [2.05, 4.69) is 67.4 Å². The number of alkyl halides is 2. The molecule has 0 aliphatic rings. The number of aryl methyl sites for hydroxylation is 2. The van der Waals surface area contributed by atoms with Crippen LogP contribution >= 0.6 is 0 Å². The molecule has 0 aliphatic heterocycles. The minimum Gasteiger partial charge on any atom is -0.512 e. The number of fused-ring (bicyclic) bond motifs is 4. The second-order valence-electron chi connectivity index (χ2n) is 14.4. The number of pyridine rings is 1. The first-order chi connectivity index (χ1) is 24.8. The van der Waals surface area contributed by atoms with Gasteiger partial charge in [-0.25, -0.2) is 8.78 Å². The Hall–Kier alpha value is -4.25. The van der Waals surface area contributed by atoms with Crippen molar-refractivity contribution in [2.45, 2.75) is 87.5 Å². The van der Waals surface area contributed by atoms with Crippen molar-refractivity contribution in [2.24, 2.45) is 10.8 Å². The van der Waals surface area contributed by atoms with Gasteiger partial charge in [0.25, 0.3) is 6.43 Å². The molecule has 3 nitrogen and oxygen atoms in total. The zero-order valence-corrected chi connectivity index (χ0v) is 34.4. The Morgan fingerprint density at radius 1 is 0.774 bits per heavy atom. The third kappa shape index (κ3) is 8.45. The fourth-order valence-electron chi connectivity index (χ4n) is 6.89. The number of nitrogens with zero attached hydrogens (tertiary/aromatic N) is 1. The molecule has 0 saturated heterocycles. The molecule has 0 amide bonds. The topological polar surface area (TPSA) is 50.2 Å². The molecule has 0 atom stereocenters. The minimum absolute atomic E-state index is 0. The summed E-state index contributed by atoms with van der Waals surface area (Å²) in [5.41, 5.74) is 5.59. The largest absolute Gasteiger partial charge is 0.512 e. The Morgan fingerprint density at radius 2 is 1.40 bits per heavy atom. The van der Waals surface area contributed by atoms with E-state index in [4.69, 9.17) is 0 Å². The third-order valence-electron chi connectivity index (χ3n) is 11.4. The molecule has 279 valence electrons. The summed E-state index contributed by atoms with van der Waals surface area (Å²) in [7, 11) is 0. The number of carbonyl (C=O) groups is 1. The Labute approximate surface area is 326 Å². The summed E-state index contributed by atoms with van der Waals surface area (Å²) >= 11 is 0. The van der Waals surface area contributed by atoms with Gasteiger partial charge in [-0.05, 0) is 101 Å². The summed E-state index contributed by atoms with van der Waals surface area (Å²) in [6, 6.07) is 31.0. The number of rotatable bonds is 10. The standard InChI is InChI=1S/C32H22F2N.C15H28O2.Ir/c1-19-6-5-7-20(2)30(19)23-11-12-26-22(16-23)10-13-28-27(26)14-15-35-31(28)24-17-21-8-3-4-9-25(21)29(18-24)32(33)34;1-7-14(5,8-2)12(16)11-13(17)15(6,9-3)10-4;/h3-16,18,32H,1-2H3;11,16H,7-10H2,1-6H3;/q-1;;/b;12-11-;. The van der Waals surface area contributed by atoms with E-state index in [-0.39, 0.29) is 48.0 Å². The van der Waals surface area contributed by atoms with Gasteiger partial charge in [0.2, 0.25) is 0 Å². The number of allylic oxidation sites excluding steroid dienone is 2. The monoisotopic (exact) mass is 891 g/mol. The summed E-state index contributed by atoms with van der Waals surface area (Å²) in [4.78, 5) is 16.8. The summed E-state index contributed by atoms with van der Waals surface area (Å²) in [6.45, 7) is 16.4. The average molecular weight is 891 g/mol. The third-order valence-corrected chi connectivity index (χ3v) is 11.4. The molecule has 5 aromatic carbocycles. The fraction of sp³-hybridized carbons (Fsp3) is 0.319. The molecule has 1 aromatic heterocycles. The number of halogens is 2. The van der Waals surface area contributed by atoms with E-state index < -0.39 is 6.43 Å². The van der Waals surface area contributed by atoms with Crippen molar-refractivity contribution in [3.8, 4) is 22.4 Å². The second-order valence-corrected chi connectivity index (χ2v) is 14.4. The molecule has 0 bridgehead atoms. The average Bonchev–Trinajstić information content (AvgIpc) is 3.16. The van der Waals surface area contributed by atoms with Gasteiger partial charge in [0.1, 0.15) is 5.76 Å². The van der Waals surface area contributed by atoms with E-state index >= 15 is 0 Å². The number of aliphatic hydroxyl groups is 1. The van der Waals surface area contributed by atoms with Crippen LogP contribution in [-0.2, 0) is 24.9 Å². The van der Waals surface area contributed by atoms with E-state index in [1.165, 1.54) is 34.4 Å². The Bertz CT molecular complexity index is 2250. The number of ketones is 1. The Kier molecular flexibility index (Phi) is 13.5. The van der Waals surface area contributed by atoms with Gasteiger partial charge in [0.05, 0.1) is 0 Å². The molecule has 0 spiro atoms. The van der Waals surface area contributed by atoms with Gasteiger partial charge < -0.3 is 5.11 Å². The quantitative estimate of drug-likeness (QED) is 0.0645.